The van der Waals surface area contributed by atoms with Gasteiger partial charge in [0.2, 0.25) is 26.0 Å². The summed E-state index contributed by atoms with van der Waals surface area (Å²) in [4.78, 5) is 15.3. The quantitative estimate of drug-likeness (QED) is 0.637. The summed E-state index contributed by atoms with van der Waals surface area (Å²) in [5.74, 6) is -0.521. The maximum Gasteiger partial charge on any atom is 0.243 e. The molecule has 0 saturated carbocycles. The van der Waals surface area contributed by atoms with Gasteiger partial charge in [-0.3, -0.25) is 4.79 Å². The summed E-state index contributed by atoms with van der Waals surface area (Å²) in [5, 5.41) is 0. The molecule has 0 N–H and O–H groups in total. The van der Waals surface area contributed by atoms with E-state index < -0.39 is 26.0 Å². The van der Waals surface area contributed by atoms with E-state index in [9.17, 15) is 21.6 Å². The molecule has 2 fully saturated rings. The van der Waals surface area contributed by atoms with Crippen molar-refractivity contribution in [3.05, 3.63) is 60.2 Å². The molecule has 2 heterocycles. The minimum atomic E-state index is -3.65. The lowest BCUT2D eigenvalue weighted by Gasteiger charge is -2.38. The SMILES string of the molecule is Cc1ccc(S(=O)(=O)N2CCN(C(=O)[C@H]3CCCN(S(=O)(=O)c4ccccc4)C3)CC2)cc1. The first-order valence-electron chi connectivity index (χ1n) is 11.1. The molecule has 0 radical (unpaired) electrons. The Labute approximate surface area is 195 Å². The average Bonchev–Trinajstić information content (AvgIpc) is 2.84. The first-order chi connectivity index (χ1) is 15.7. The predicted molar refractivity (Wildman–Crippen MR) is 124 cm³/mol. The molecule has 0 aromatic heterocycles. The number of benzene rings is 2. The van der Waals surface area contributed by atoms with Crippen LogP contribution in [0, 0.1) is 12.8 Å². The minimum Gasteiger partial charge on any atom is -0.340 e. The summed E-state index contributed by atoms with van der Waals surface area (Å²) >= 11 is 0. The molecule has 0 aliphatic carbocycles. The van der Waals surface area contributed by atoms with Crippen LogP contribution in [0.5, 0.6) is 0 Å². The number of carbonyl (C=O) groups excluding carboxylic acids is 1. The zero-order valence-electron chi connectivity index (χ0n) is 18.6. The molecule has 2 aliphatic heterocycles. The van der Waals surface area contributed by atoms with Crippen molar-refractivity contribution in [2.75, 3.05) is 39.3 Å². The van der Waals surface area contributed by atoms with Crippen molar-refractivity contribution >= 4 is 26.0 Å². The maximum atomic E-state index is 13.2. The van der Waals surface area contributed by atoms with Gasteiger partial charge in [-0.25, -0.2) is 16.8 Å². The molecule has 0 spiro atoms. The van der Waals surface area contributed by atoms with E-state index in [0.717, 1.165) is 5.56 Å². The van der Waals surface area contributed by atoms with Crippen LogP contribution >= 0.6 is 0 Å². The Morgan fingerprint density at radius 1 is 0.758 bits per heavy atom. The van der Waals surface area contributed by atoms with Gasteiger partial charge < -0.3 is 4.90 Å². The number of nitrogens with zero attached hydrogens (tertiary/aromatic N) is 3. The van der Waals surface area contributed by atoms with Crippen LogP contribution < -0.4 is 0 Å². The minimum absolute atomic E-state index is 0.102. The van der Waals surface area contributed by atoms with Crippen molar-refractivity contribution in [2.45, 2.75) is 29.6 Å². The lowest BCUT2D eigenvalue weighted by atomic mass is 9.98. The van der Waals surface area contributed by atoms with Crippen molar-refractivity contribution in [1.29, 1.82) is 0 Å². The van der Waals surface area contributed by atoms with E-state index in [1.54, 1.807) is 59.5 Å². The third kappa shape index (κ3) is 4.98. The van der Waals surface area contributed by atoms with Crippen LogP contribution in [0.15, 0.2) is 64.4 Å². The Balaban J connectivity index is 1.39. The number of rotatable bonds is 5. The van der Waals surface area contributed by atoms with Gasteiger partial charge in [0.25, 0.3) is 0 Å². The number of aryl methyl sites for hydroxylation is 1. The van der Waals surface area contributed by atoms with Gasteiger partial charge >= 0.3 is 0 Å². The number of carbonyl (C=O) groups is 1. The number of hydrogen-bond donors (Lipinski definition) is 0. The standard InChI is InChI=1S/C23H29N3O5S2/c1-19-9-11-22(12-10-19)32(28,29)25-16-14-24(15-17-25)23(27)20-6-5-13-26(18-20)33(30,31)21-7-3-2-4-8-21/h2-4,7-12,20H,5-6,13-18H2,1H3/t20-/m0/s1. The summed E-state index contributed by atoms with van der Waals surface area (Å²) in [6, 6.07) is 15.0. The van der Waals surface area contributed by atoms with Crippen molar-refractivity contribution in [2.24, 2.45) is 5.92 Å². The van der Waals surface area contributed by atoms with Crippen LogP contribution in [0.3, 0.4) is 0 Å². The van der Waals surface area contributed by atoms with Gasteiger partial charge in [0.1, 0.15) is 0 Å². The van der Waals surface area contributed by atoms with Gasteiger partial charge in [-0.2, -0.15) is 8.61 Å². The molecule has 0 bridgehead atoms. The molecule has 8 nitrogen and oxygen atoms in total. The van der Waals surface area contributed by atoms with Gasteiger partial charge in [-0.05, 0) is 44.0 Å². The molecule has 2 aromatic rings. The van der Waals surface area contributed by atoms with E-state index in [0.29, 0.717) is 32.5 Å². The van der Waals surface area contributed by atoms with Gasteiger partial charge in [-0.15, -0.1) is 0 Å². The van der Waals surface area contributed by atoms with Gasteiger partial charge in [0.05, 0.1) is 15.7 Å². The number of piperazine rings is 1. The largest absolute Gasteiger partial charge is 0.340 e. The predicted octanol–water partition coefficient (Wildman–Crippen LogP) is 1.93. The summed E-state index contributed by atoms with van der Waals surface area (Å²) < 4.78 is 54.6. The van der Waals surface area contributed by atoms with Crippen LogP contribution in [0.1, 0.15) is 18.4 Å². The van der Waals surface area contributed by atoms with Crippen LogP contribution in [0.4, 0.5) is 0 Å². The van der Waals surface area contributed by atoms with Crippen LogP contribution in [0.2, 0.25) is 0 Å². The summed E-state index contributed by atoms with van der Waals surface area (Å²) in [6.45, 7) is 3.49. The first-order valence-corrected chi connectivity index (χ1v) is 14.0. The molecule has 178 valence electrons. The normalized spacial score (nSPS) is 21.1. The van der Waals surface area contributed by atoms with E-state index in [-0.39, 0.29) is 35.3 Å². The fourth-order valence-corrected chi connectivity index (χ4v) is 7.34. The van der Waals surface area contributed by atoms with Crippen LogP contribution in [0.25, 0.3) is 0 Å². The van der Waals surface area contributed by atoms with Crippen LogP contribution in [-0.2, 0) is 24.8 Å². The van der Waals surface area contributed by atoms with E-state index in [1.807, 2.05) is 6.92 Å². The lowest BCUT2D eigenvalue weighted by Crippen LogP contribution is -2.54. The molecule has 10 heteroatoms. The van der Waals surface area contributed by atoms with Gasteiger partial charge in [-0.1, -0.05) is 35.9 Å². The Kier molecular flexibility index (Phi) is 6.90. The molecular formula is C23H29N3O5S2. The second kappa shape index (κ2) is 9.54. The maximum absolute atomic E-state index is 13.2. The van der Waals surface area contributed by atoms with E-state index in [4.69, 9.17) is 0 Å². The summed E-state index contributed by atoms with van der Waals surface area (Å²) in [7, 11) is -7.25. The zero-order valence-corrected chi connectivity index (χ0v) is 20.3. The lowest BCUT2D eigenvalue weighted by molar-refractivity contribution is -0.137. The molecule has 1 atom stereocenters. The fraction of sp³-hybridized carbons (Fsp3) is 0.435. The topological polar surface area (TPSA) is 95.1 Å². The van der Waals surface area contributed by atoms with Crippen molar-refractivity contribution in [3.8, 4) is 0 Å². The molecule has 1 amide bonds. The third-order valence-corrected chi connectivity index (χ3v) is 10.1. The second-order valence-corrected chi connectivity index (χ2v) is 12.4. The highest BCUT2D eigenvalue weighted by atomic mass is 32.2. The van der Waals surface area contributed by atoms with Gasteiger partial charge in [0.15, 0.2) is 0 Å². The first kappa shape index (κ1) is 23.9. The fourth-order valence-electron chi connectivity index (χ4n) is 4.37. The summed E-state index contributed by atoms with van der Waals surface area (Å²) in [6.07, 6.45) is 1.24. The Morgan fingerprint density at radius 3 is 1.97 bits per heavy atom. The highest BCUT2D eigenvalue weighted by molar-refractivity contribution is 7.89. The molecule has 4 rings (SSSR count). The van der Waals surface area contributed by atoms with E-state index in [1.165, 1.54) is 8.61 Å². The monoisotopic (exact) mass is 491 g/mol. The van der Waals surface area contributed by atoms with E-state index >= 15 is 0 Å². The Hall–Kier alpha value is -2.27. The smallest absolute Gasteiger partial charge is 0.243 e. The van der Waals surface area contributed by atoms with Crippen molar-refractivity contribution in [1.82, 2.24) is 13.5 Å². The van der Waals surface area contributed by atoms with Crippen molar-refractivity contribution < 1.29 is 21.6 Å². The molecule has 33 heavy (non-hydrogen) atoms. The number of amides is 1. The Bertz CT molecular complexity index is 1190. The summed E-state index contributed by atoms with van der Waals surface area (Å²) in [5.41, 5.74) is 0.986. The highest BCUT2D eigenvalue weighted by Crippen LogP contribution is 2.26. The molecule has 2 aromatic carbocycles. The second-order valence-electron chi connectivity index (χ2n) is 8.56. The molecule has 2 aliphatic rings. The Morgan fingerprint density at radius 2 is 1.33 bits per heavy atom. The molecular weight excluding hydrogens is 462 g/mol. The molecule has 2 saturated heterocycles. The zero-order chi connectivity index (χ0) is 23.6. The van der Waals surface area contributed by atoms with E-state index in [2.05, 4.69) is 0 Å². The van der Waals surface area contributed by atoms with Crippen LogP contribution in [-0.4, -0.2) is 75.5 Å². The van der Waals surface area contributed by atoms with Crippen molar-refractivity contribution in [3.63, 3.8) is 0 Å². The molecule has 0 unspecified atom stereocenters. The number of piperidine rings is 1. The number of hydrogen-bond acceptors (Lipinski definition) is 5. The number of sulfonamides is 2. The van der Waals surface area contributed by atoms with Gasteiger partial charge in [0, 0.05) is 39.3 Å². The highest BCUT2D eigenvalue weighted by Gasteiger charge is 2.37. The average molecular weight is 492 g/mol. The third-order valence-electron chi connectivity index (χ3n) is 6.32.